The number of nitrogens with zero attached hydrogens (tertiary/aromatic N) is 1. The van der Waals surface area contributed by atoms with Crippen LogP contribution in [0.5, 0.6) is 0 Å². The van der Waals surface area contributed by atoms with E-state index in [1.165, 1.54) is 4.57 Å². The van der Waals surface area contributed by atoms with Crippen LogP contribution in [0.3, 0.4) is 0 Å². The van der Waals surface area contributed by atoms with Gasteiger partial charge in [-0.1, -0.05) is 12.2 Å². The number of hydrogen-bond donors (Lipinski definition) is 0. The average Bonchev–Trinajstić information content (AvgIpc) is 2.62. The molecular formula is C8H7NO2. The molecule has 0 spiro atoms. The van der Waals surface area contributed by atoms with Crippen LogP contribution in [-0.2, 0) is 0 Å². The number of aromatic nitrogens is 1. The van der Waals surface area contributed by atoms with Gasteiger partial charge in [0.2, 0.25) is 0 Å². The average molecular weight is 149 g/mol. The Balaban J connectivity index is 2.38. The summed E-state index contributed by atoms with van der Waals surface area (Å²) in [6.07, 6.45) is 7.60. The first kappa shape index (κ1) is 6.34. The molecule has 3 heteroatoms. The molecule has 0 fully saturated rings. The molecule has 1 aromatic rings. The minimum absolute atomic E-state index is 0.386. The van der Waals surface area contributed by atoms with E-state index >= 15 is 0 Å². The third-order valence-electron chi connectivity index (χ3n) is 1.77. The number of hydrogen-bond acceptors (Lipinski definition) is 2. The van der Waals surface area contributed by atoms with E-state index in [1.807, 2.05) is 18.2 Å². The van der Waals surface area contributed by atoms with Crippen molar-refractivity contribution in [1.29, 1.82) is 0 Å². The Morgan fingerprint density at radius 2 is 1.91 bits per heavy atom. The third kappa shape index (κ3) is 0.888. The quantitative estimate of drug-likeness (QED) is 0.538. The largest absolute Gasteiger partial charge is 0.324 e. The molecule has 1 aromatic heterocycles. The first-order chi connectivity index (χ1) is 5.30. The summed E-state index contributed by atoms with van der Waals surface area (Å²) in [6, 6.07) is 0. The Labute approximate surface area is 63.0 Å². The molecule has 3 nitrogen and oxygen atoms in total. The lowest BCUT2D eigenvalue weighted by Gasteiger charge is -1.99. The molecule has 1 heterocycles. The highest BCUT2D eigenvalue weighted by atomic mass is 16.2. The molecule has 11 heavy (non-hydrogen) atoms. The van der Waals surface area contributed by atoms with E-state index < -0.39 is 0 Å². The zero-order valence-corrected chi connectivity index (χ0v) is 5.91. The van der Waals surface area contributed by atoms with E-state index in [0.717, 1.165) is 18.5 Å². The molecule has 0 radical (unpaired) electrons. The maximum atomic E-state index is 10.6. The zero-order valence-electron chi connectivity index (χ0n) is 5.91. The molecule has 0 unspecified atom stereocenters. The molecule has 0 aliphatic heterocycles. The summed E-state index contributed by atoms with van der Waals surface area (Å²) in [4.78, 5) is 21.2. The van der Waals surface area contributed by atoms with Gasteiger partial charge >= 0.3 is 11.1 Å². The van der Waals surface area contributed by atoms with Gasteiger partial charge in [0.1, 0.15) is 0 Å². The molecule has 1 aliphatic carbocycles. The van der Waals surface area contributed by atoms with Gasteiger partial charge in [0.25, 0.3) is 0 Å². The Morgan fingerprint density at radius 3 is 2.36 bits per heavy atom. The Kier molecular flexibility index (Phi) is 1.18. The van der Waals surface area contributed by atoms with Gasteiger partial charge < -0.3 is 0 Å². The van der Waals surface area contributed by atoms with E-state index in [0.29, 0.717) is 0 Å². The minimum Gasteiger partial charge on any atom is -0.262 e. The number of allylic oxidation sites excluding steroid dienone is 4. The van der Waals surface area contributed by atoms with Crippen LogP contribution < -0.4 is 11.1 Å². The SMILES string of the molecule is O=c1c(=O)n1C1=CCCC=C1. The Bertz CT molecular complexity index is 377. The van der Waals surface area contributed by atoms with Gasteiger partial charge in [-0.2, -0.15) is 0 Å². The Hall–Kier alpha value is -1.38. The minimum atomic E-state index is -0.386. The smallest absolute Gasteiger partial charge is 0.262 e. The molecule has 0 saturated heterocycles. The summed E-state index contributed by atoms with van der Waals surface area (Å²) in [5.41, 5.74) is -0.0307. The molecule has 0 aromatic carbocycles. The van der Waals surface area contributed by atoms with Gasteiger partial charge in [0, 0.05) is 5.70 Å². The van der Waals surface area contributed by atoms with Crippen LogP contribution in [0.25, 0.3) is 5.70 Å². The molecule has 0 atom stereocenters. The van der Waals surface area contributed by atoms with E-state index in [1.54, 1.807) is 0 Å². The molecule has 0 bridgehead atoms. The van der Waals surface area contributed by atoms with Crippen molar-refractivity contribution in [3.8, 4) is 0 Å². The second-order valence-corrected chi connectivity index (χ2v) is 2.55. The van der Waals surface area contributed by atoms with Crippen molar-refractivity contribution in [3.05, 3.63) is 38.9 Å². The predicted octanol–water partition coefficient (Wildman–Crippen LogP) is 0.275. The van der Waals surface area contributed by atoms with Crippen molar-refractivity contribution >= 4 is 5.70 Å². The Morgan fingerprint density at radius 1 is 1.18 bits per heavy atom. The maximum absolute atomic E-state index is 10.6. The van der Waals surface area contributed by atoms with Crippen LogP contribution in [-0.4, -0.2) is 4.57 Å². The third-order valence-corrected chi connectivity index (χ3v) is 1.77. The lowest BCUT2D eigenvalue weighted by molar-refractivity contribution is 1.02. The molecule has 0 saturated carbocycles. The topological polar surface area (TPSA) is 39.1 Å². The highest BCUT2D eigenvalue weighted by Crippen LogP contribution is 2.11. The maximum Gasteiger partial charge on any atom is 0.324 e. The molecule has 2 rings (SSSR count). The van der Waals surface area contributed by atoms with Crippen molar-refractivity contribution in [3.63, 3.8) is 0 Å². The second-order valence-electron chi connectivity index (χ2n) is 2.55. The summed E-state index contributed by atoms with van der Waals surface area (Å²) in [5.74, 6) is 0. The zero-order chi connectivity index (χ0) is 7.84. The fourth-order valence-corrected chi connectivity index (χ4v) is 1.13. The fourth-order valence-electron chi connectivity index (χ4n) is 1.13. The first-order valence-electron chi connectivity index (χ1n) is 3.56. The summed E-state index contributed by atoms with van der Waals surface area (Å²) >= 11 is 0. The fraction of sp³-hybridized carbons (Fsp3) is 0.250. The lowest BCUT2D eigenvalue weighted by atomic mass is 10.1. The van der Waals surface area contributed by atoms with Gasteiger partial charge in [-0.05, 0) is 18.9 Å². The van der Waals surface area contributed by atoms with E-state index in [9.17, 15) is 9.59 Å². The van der Waals surface area contributed by atoms with Gasteiger partial charge in [-0.3, -0.25) is 9.59 Å². The molecular weight excluding hydrogens is 142 g/mol. The summed E-state index contributed by atoms with van der Waals surface area (Å²) in [6.45, 7) is 0. The van der Waals surface area contributed by atoms with E-state index in [2.05, 4.69) is 0 Å². The monoisotopic (exact) mass is 149 g/mol. The highest BCUT2D eigenvalue weighted by Gasteiger charge is 2.18. The first-order valence-corrected chi connectivity index (χ1v) is 3.56. The summed E-state index contributed by atoms with van der Waals surface area (Å²) in [7, 11) is 0. The molecule has 1 aliphatic rings. The standard InChI is InChI=1S/C8H7NO2/c10-7-8(11)9(7)6-4-2-1-3-5-6/h2,4-5H,1,3H2. The summed E-state index contributed by atoms with van der Waals surface area (Å²) in [5, 5.41) is 0. The van der Waals surface area contributed by atoms with Crippen molar-refractivity contribution in [1.82, 2.24) is 4.57 Å². The van der Waals surface area contributed by atoms with Crippen molar-refractivity contribution in [2.45, 2.75) is 12.8 Å². The summed E-state index contributed by atoms with van der Waals surface area (Å²) < 4.78 is 1.19. The number of rotatable bonds is 1. The normalized spacial score (nSPS) is 17.3. The van der Waals surface area contributed by atoms with Crippen molar-refractivity contribution in [2.24, 2.45) is 0 Å². The molecule has 56 valence electrons. The van der Waals surface area contributed by atoms with Crippen LogP contribution in [0.2, 0.25) is 0 Å². The van der Waals surface area contributed by atoms with Crippen LogP contribution in [0, 0.1) is 0 Å². The predicted molar refractivity (Wildman–Crippen MR) is 42.0 cm³/mol. The van der Waals surface area contributed by atoms with Gasteiger partial charge in [-0.15, -0.1) is 0 Å². The molecule has 0 N–H and O–H groups in total. The molecule has 0 amide bonds. The lowest BCUT2D eigenvalue weighted by Crippen LogP contribution is -1.94. The second kappa shape index (κ2) is 2.05. The van der Waals surface area contributed by atoms with Crippen LogP contribution >= 0.6 is 0 Å². The van der Waals surface area contributed by atoms with Crippen LogP contribution in [0.15, 0.2) is 27.8 Å². The van der Waals surface area contributed by atoms with E-state index in [4.69, 9.17) is 0 Å². The van der Waals surface area contributed by atoms with Crippen molar-refractivity contribution < 1.29 is 0 Å². The van der Waals surface area contributed by atoms with E-state index in [-0.39, 0.29) is 11.1 Å². The van der Waals surface area contributed by atoms with Crippen molar-refractivity contribution in [2.75, 3.05) is 0 Å². The van der Waals surface area contributed by atoms with Crippen LogP contribution in [0.4, 0.5) is 0 Å². The van der Waals surface area contributed by atoms with Gasteiger partial charge in [0.05, 0.1) is 0 Å². The van der Waals surface area contributed by atoms with Crippen LogP contribution in [0.1, 0.15) is 12.8 Å². The van der Waals surface area contributed by atoms with Gasteiger partial charge in [0.15, 0.2) is 0 Å². The highest BCUT2D eigenvalue weighted by molar-refractivity contribution is 5.59. The van der Waals surface area contributed by atoms with Gasteiger partial charge in [-0.25, -0.2) is 4.57 Å².